The molecule has 1 N–H and O–H groups in total. The summed E-state index contributed by atoms with van der Waals surface area (Å²) < 4.78 is 12.8. The minimum Gasteiger partial charge on any atom is -0.480 e. The predicted molar refractivity (Wildman–Crippen MR) is 73.8 cm³/mol. The lowest BCUT2D eigenvalue weighted by Crippen LogP contribution is -2.52. The molecule has 1 rings (SSSR count). The van der Waals surface area contributed by atoms with E-state index in [1.165, 1.54) is 30.9 Å². The molecule has 0 bridgehead atoms. The van der Waals surface area contributed by atoms with Crippen LogP contribution >= 0.6 is 0 Å². The lowest BCUT2D eigenvalue weighted by atomic mass is 10.0. The molecule has 0 aromatic heterocycles. The third-order valence-corrected chi connectivity index (χ3v) is 3.36. The number of likely N-dealkylation sites (N-methyl/N-ethyl adjacent to an activating group) is 1. The van der Waals surface area contributed by atoms with E-state index in [9.17, 15) is 19.1 Å². The summed E-state index contributed by atoms with van der Waals surface area (Å²) in [7, 11) is 0. The van der Waals surface area contributed by atoms with E-state index in [1.54, 1.807) is 19.1 Å². The smallest absolute Gasteiger partial charge is 0.329 e. The molecule has 0 radical (unpaired) electrons. The molecule has 0 aliphatic heterocycles. The monoisotopic (exact) mass is 281 g/mol. The maximum Gasteiger partial charge on any atom is 0.329 e. The van der Waals surface area contributed by atoms with Crippen LogP contribution in [0.5, 0.6) is 0 Å². The molecule has 5 heteroatoms. The van der Waals surface area contributed by atoms with Gasteiger partial charge >= 0.3 is 5.97 Å². The SMILES string of the molecule is CCN(C(=O)CCc1ccc(F)cc1)C(C)(C)C(=O)O. The van der Waals surface area contributed by atoms with Crippen LogP contribution in [0.3, 0.4) is 0 Å². The van der Waals surface area contributed by atoms with E-state index in [2.05, 4.69) is 0 Å². The van der Waals surface area contributed by atoms with Crippen molar-refractivity contribution < 1.29 is 19.1 Å². The highest BCUT2D eigenvalue weighted by Gasteiger charge is 2.36. The van der Waals surface area contributed by atoms with Crippen molar-refractivity contribution in [3.05, 3.63) is 35.6 Å². The van der Waals surface area contributed by atoms with Gasteiger partial charge in [-0.15, -0.1) is 0 Å². The number of carboxylic acids is 1. The predicted octanol–water partition coefficient (Wildman–Crippen LogP) is 2.47. The number of aliphatic carboxylic acids is 1. The second-order valence-corrected chi connectivity index (χ2v) is 5.13. The van der Waals surface area contributed by atoms with Crippen LogP contribution in [0, 0.1) is 5.82 Å². The molecule has 1 aromatic carbocycles. The normalized spacial score (nSPS) is 11.2. The van der Waals surface area contributed by atoms with Gasteiger partial charge in [0, 0.05) is 13.0 Å². The van der Waals surface area contributed by atoms with E-state index in [0.717, 1.165) is 5.56 Å². The Bertz CT molecular complexity index is 482. The van der Waals surface area contributed by atoms with E-state index in [1.807, 2.05) is 0 Å². The lowest BCUT2D eigenvalue weighted by molar-refractivity contribution is -0.156. The number of nitrogens with zero attached hydrogens (tertiary/aromatic N) is 1. The van der Waals surface area contributed by atoms with E-state index in [4.69, 9.17) is 0 Å². The van der Waals surface area contributed by atoms with Gasteiger partial charge in [-0.2, -0.15) is 0 Å². The van der Waals surface area contributed by atoms with Crippen molar-refractivity contribution in [2.75, 3.05) is 6.54 Å². The van der Waals surface area contributed by atoms with Gasteiger partial charge in [0.1, 0.15) is 11.4 Å². The van der Waals surface area contributed by atoms with Gasteiger partial charge in [0.15, 0.2) is 0 Å². The number of aryl methyl sites for hydroxylation is 1. The number of carboxylic acid groups (broad SMARTS) is 1. The number of benzene rings is 1. The number of hydrogen-bond donors (Lipinski definition) is 1. The Morgan fingerprint density at radius 2 is 1.80 bits per heavy atom. The molecular weight excluding hydrogens is 261 g/mol. The Labute approximate surface area is 118 Å². The maximum atomic E-state index is 12.8. The van der Waals surface area contributed by atoms with Gasteiger partial charge in [0.2, 0.25) is 5.91 Å². The van der Waals surface area contributed by atoms with E-state index < -0.39 is 11.5 Å². The molecule has 1 amide bonds. The zero-order chi connectivity index (χ0) is 15.3. The standard InChI is InChI=1S/C15H20FNO3/c1-4-17(15(2,3)14(19)20)13(18)10-7-11-5-8-12(16)9-6-11/h5-6,8-9H,4,7,10H2,1-3H3,(H,19,20). The molecule has 0 spiro atoms. The second-order valence-electron chi connectivity index (χ2n) is 5.13. The van der Waals surface area contributed by atoms with E-state index in [-0.39, 0.29) is 18.1 Å². The van der Waals surface area contributed by atoms with Crippen molar-refractivity contribution in [3.63, 3.8) is 0 Å². The molecule has 20 heavy (non-hydrogen) atoms. The first-order valence-electron chi connectivity index (χ1n) is 6.57. The largest absolute Gasteiger partial charge is 0.480 e. The highest BCUT2D eigenvalue weighted by atomic mass is 19.1. The molecule has 0 heterocycles. The Morgan fingerprint density at radius 3 is 2.25 bits per heavy atom. The topological polar surface area (TPSA) is 57.6 Å². The van der Waals surface area contributed by atoms with Crippen LogP contribution in [-0.2, 0) is 16.0 Å². The van der Waals surface area contributed by atoms with Crippen molar-refractivity contribution in [1.29, 1.82) is 0 Å². The quantitative estimate of drug-likeness (QED) is 0.871. The number of carbonyl (C=O) groups excluding carboxylic acids is 1. The zero-order valence-corrected chi connectivity index (χ0v) is 12.0. The van der Waals surface area contributed by atoms with Crippen molar-refractivity contribution in [2.24, 2.45) is 0 Å². The number of hydrogen-bond acceptors (Lipinski definition) is 2. The van der Waals surface area contributed by atoms with E-state index in [0.29, 0.717) is 13.0 Å². The molecule has 1 aromatic rings. The van der Waals surface area contributed by atoms with Gasteiger partial charge in [-0.1, -0.05) is 12.1 Å². The van der Waals surface area contributed by atoms with Gasteiger partial charge in [0.05, 0.1) is 0 Å². The minimum absolute atomic E-state index is 0.205. The molecule has 0 aliphatic rings. The number of rotatable bonds is 6. The lowest BCUT2D eigenvalue weighted by Gasteiger charge is -2.34. The maximum absolute atomic E-state index is 12.8. The summed E-state index contributed by atoms with van der Waals surface area (Å²) in [6.45, 7) is 5.10. The number of halogens is 1. The number of amides is 1. The van der Waals surface area contributed by atoms with E-state index >= 15 is 0 Å². The average molecular weight is 281 g/mol. The Hall–Kier alpha value is -1.91. The highest BCUT2D eigenvalue weighted by molar-refractivity contribution is 5.86. The molecule has 0 aliphatic carbocycles. The molecule has 110 valence electrons. The fourth-order valence-corrected chi connectivity index (χ4v) is 2.04. The Kier molecular flexibility index (Phi) is 5.25. The third kappa shape index (κ3) is 3.79. The first kappa shape index (κ1) is 16.1. The minimum atomic E-state index is -1.23. The zero-order valence-electron chi connectivity index (χ0n) is 12.0. The van der Waals surface area contributed by atoms with Gasteiger partial charge in [-0.05, 0) is 44.9 Å². The van der Waals surface area contributed by atoms with Crippen molar-refractivity contribution in [2.45, 2.75) is 39.2 Å². The van der Waals surface area contributed by atoms with Crippen molar-refractivity contribution in [3.8, 4) is 0 Å². The van der Waals surface area contributed by atoms with Crippen LogP contribution in [0.1, 0.15) is 32.8 Å². The van der Waals surface area contributed by atoms with Crippen LogP contribution in [0.15, 0.2) is 24.3 Å². The summed E-state index contributed by atoms with van der Waals surface area (Å²) in [4.78, 5) is 24.7. The van der Waals surface area contributed by atoms with Crippen LogP contribution in [-0.4, -0.2) is 34.0 Å². The van der Waals surface area contributed by atoms with Crippen LogP contribution in [0.25, 0.3) is 0 Å². The fraction of sp³-hybridized carbons (Fsp3) is 0.467. The molecular formula is C15H20FNO3. The fourth-order valence-electron chi connectivity index (χ4n) is 2.04. The summed E-state index contributed by atoms with van der Waals surface area (Å²) in [5.41, 5.74) is -0.377. The molecule has 0 unspecified atom stereocenters. The summed E-state index contributed by atoms with van der Waals surface area (Å²) in [6, 6.07) is 5.94. The Balaban J connectivity index is 2.69. The summed E-state index contributed by atoms with van der Waals surface area (Å²) in [6.07, 6.45) is 0.668. The van der Waals surface area contributed by atoms with Crippen LogP contribution < -0.4 is 0 Å². The molecule has 0 saturated carbocycles. The average Bonchev–Trinajstić information content (AvgIpc) is 2.38. The van der Waals surface area contributed by atoms with Crippen LogP contribution in [0.4, 0.5) is 4.39 Å². The van der Waals surface area contributed by atoms with Crippen LogP contribution in [0.2, 0.25) is 0 Å². The highest BCUT2D eigenvalue weighted by Crippen LogP contribution is 2.17. The van der Waals surface area contributed by atoms with Gasteiger partial charge in [-0.3, -0.25) is 4.79 Å². The number of carbonyl (C=O) groups is 2. The molecule has 0 saturated heterocycles. The second kappa shape index (κ2) is 6.50. The first-order valence-corrected chi connectivity index (χ1v) is 6.57. The van der Waals surface area contributed by atoms with Crippen molar-refractivity contribution >= 4 is 11.9 Å². The molecule has 0 atom stereocenters. The van der Waals surface area contributed by atoms with Gasteiger partial charge < -0.3 is 10.0 Å². The summed E-state index contributed by atoms with van der Waals surface area (Å²) in [5.74, 6) is -1.57. The van der Waals surface area contributed by atoms with Crippen molar-refractivity contribution in [1.82, 2.24) is 4.90 Å². The summed E-state index contributed by atoms with van der Waals surface area (Å²) >= 11 is 0. The third-order valence-electron chi connectivity index (χ3n) is 3.36. The summed E-state index contributed by atoms with van der Waals surface area (Å²) in [5, 5.41) is 9.17. The van der Waals surface area contributed by atoms with Gasteiger partial charge in [-0.25, -0.2) is 9.18 Å². The Morgan fingerprint density at radius 1 is 1.25 bits per heavy atom. The first-order chi connectivity index (χ1) is 9.28. The molecule has 4 nitrogen and oxygen atoms in total. The molecule has 0 fully saturated rings. The van der Waals surface area contributed by atoms with Gasteiger partial charge in [0.25, 0.3) is 0 Å².